The molecule has 3 nitrogen and oxygen atoms in total. The number of fused-ring (bicyclic) bond motifs is 5. The number of rotatable bonds is 9. The largest absolute Gasteiger partial charge is 0.508 e. The number of halogens is 7. The van der Waals surface area contributed by atoms with E-state index in [1.165, 1.54) is 0 Å². The van der Waals surface area contributed by atoms with Crippen molar-refractivity contribution in [2.45, 2.75) is 107 Å². The number of phenols is 1. The molecule has 1 aromatic carbocycles. The van der Waals surface area contributed by atoms with E-state index < -0.39 is 36.7 Å². The van der Waals surface area contributed by atoms with Crippen LogP contribution in [-0.4, -0.2) is 45.5 Å². The minimum Gasteiger partial charge on any atom is -0.508 e. The predicted octanol–water partition coefficient (Wildman–Crippen LogP) is 7.54. The Kier molecular flexibility index (Phi) is 7.91. The zero-order valence-electron chi connectivity index (χ0n) is 22.0. The number of unbranched alkanes of at least 4 members (excludes halogenated alkanes) is 2. The maximum atomic E-state index is 13.8. The second-order valence-corrected chi connectivity index (χ2v) is 12.1. The Hall–Kier alpha value is -1.81. The molecule has 0 aliphatic heterocycles. The van der Waals surface area contributed by atoms with Crippen LogP contribution in [0.3, 0.4) is 0 Å². The van der Waals surface area contributed by atoms with Gasteiger partial charge in [-0.05, 0) is 96.8 Å². The van der Waals surface area contributed by atoms with Crippen molar-refractivity contribution in [2.24, 2.45) is 22.7 Å². The van der Waals surface area contributed by atoms with E-state index in [-0.39, 0.29) is 47.2 Å². The minimum atomic E-state index is -6.47. The summed E-state index contributed by atoms with van der Waals surface area (Å²) >= 11 is 0. The van der Waals surface area contributed by atoms with Gasteiger partial charge in [0, 0.05) is 0 Å². The number of hydrogen-bond donors (Lipinski definition) is 3. The molecule has 4 rings (SSSR count). The maximum Gasteiger partial charge on any atom is 0.459 e. The molecule has 0 aromatic heterocycles. The molecule has 10 heteroatoms. The van der Waals surface area contributed by atoms with E-state index in [9.17, 15) is 46.1 Å². The Bertz CT molecular complexity index is 1060. The van der Waals surface area contributed by atoms with E-state index in [4.69, 9.17) is 0 Å². The van der Waals surface area contributed by atoms with Crippen molar-refractivity contribution in [1.82, 2.24) is 0 Å². The van der Waals surface area contributed by atoms with Crippen LogP contribution >= 0.6 is 0 Å². The van der Waals surface area contributed by atoms with Crippen LogP contribution in [-0.2, 0) is 6.42 Å². The summed E-state index contributed by atoms with van der Waals surface area (Å²) < 4.78 is 91.3. The molecule has 0 heterocycles. The molecule has 2 saturated carbocycles. The monoisotopic (exact) mass is 566 g/mol. The summed E-state index contributed by atoms with van der Waals surface area (Å²) in [5.74, 6) is -11.4. The summed E-state index contributed by atoms with van der Waals surface area (Å²) in [6.07, 6.45) is -3.83. The van der Waals surface area contributed by atoms with Crippen molar-refractivity contribution in [1.29, 1.82) is 0 Å². The van der Waals surface area contributed by atoms with Gasteiger partial charge in [-0.15, -0.1) is 6.58 Å². The normalized spacial score (nSPS) is 33.7. The number of phenolic OH excluding ortho intramolecular Hbond substituents is 1. The van der Waals surface area contributed by atoms with Crippen molar-refractivity contribution >= 4 is 0 Å². The van der Waals surface area contributed by atoms with Crippen molar-refractivity contribution in [3.63, 3.8) is 0 Å². The maximum absolute atomic E-state index is 13.8. The van der Waals surface area contributed by atoms with Gasteiger partial charge < -0.3 is 15.3 Å². The average Bonchev–Trinajstić information content (AvgIpc) is 3.16. The number of aliphatic hydroxyl groups is 2. The highest BCUT2D eigenvalue weighted by Gasteiger charge is 2.75. The lowest BCUT2D eigenvalue weighted by atomic mass is 9.44. The van der Waals surface area contributed by atoms with Crippen LogP contribution < -0.4 is 0 Å². The number of aliphatic hydroxyl groups excluding tert-OH is 2. The van der Waals surface area contributed by atoms with Crippen LogP contribution in [0.1, 0.15) is 81.8 Å². The molecule has 2 fully saturated rings. The summed E-state index contributed by atoms with van der Waals surface area (Å²) in [7, 11) is 0. The Morgan fingerprint density at radius 3 is 2.41 bits per heavy atom. The third-order valence-corrected chi connectivity index (χ3v) is 10.1. The van der Waals surface area contributed by atoms with Crippen molar-refractivity contribution < 1.29 is 46.1 Å². The Labute approximate surface area is 224 Å². The quantitative estimate of drug-likeness (QED) is 0.165. The van der Waals surface area contributed by atoms with Gasteiger partial charge >= 0.3 is 18.0 Å². The minimum absolute atomic E-state index is 0.0584. The second-order valence-electron chi connectivity index (χ2n) is 12.1. The van der Waals surface area contributed by atoms with Gasteiger partial charge in [-0.3, -0.25) is 0 Å². The van der Waals surface area contributed by atoms with Gasteiger partial charge in [0.15, 0.2) is 0 Å². The standard InChI is InChI=1S/C29H37F7O3/c1-3-26-14-13-17-15-19(37)9-10-20(17)24(26)18(16-25(2)21(26)11-12-22(25)38)7-5-4-6-8-23(39)27(30,31)28(32,33)29(34,35)36/h3,9-10,15,18,21-24,37-39H,1,4-8,11-14,16H2,2H3/t18-,21+,22-,23?,24+,25-,26-/m0/s1. The molecule has 0 spiro atoms. The zero-order valence-corrected chi connectivity index (χ0v) is 22.0. The third-order valence-electron chi connectivity index (χ3n) is 10.1. The Morgan fingerprint density at radius 1 is 1.08 bits per heavy atom. The number of benzene rings is 1. The van der Waals surface area contributed by atoms with Crippen LogP contribution in [0, 0.1) is 22.7 Å². The Balaban J connectivity index is 1.49. The van der Waals surface area contributed by atoms with Crippen molar-refractivity contribution in [3.8, 4) is 5.75 Å². The number of allylic oxidation sites excluding steroid dienone is 1. The molecule has 3 N–H and O–H groups in total. The summed E-state index contributed by atoms with van der Waals surface area (Å²) in [5, 5.41) is 30.6. The molecule has 0 saturated heterocycles. The van der Waals surface area contributed by atoms with E-state index in [0.29, 0.717) is 19.3 Å². The third kappa shape index (κ3) is 4.77. The van der Waals surface area contributed by atoms with Gasteiger partial charge in [0.25, 0.3) is 0 Å². The van der Waals surface area contributed by atoms with E-state index in [1.54, 1.807) is 12.1 Å². The van der Waals surface area contributed by atoms with E-state index in [1.807, 2.05) is 12.1 Å². The second kappa shape index (κ2) is 10.2. The molecule has 1 unspecified atom stereocenters. The van der Waals surface area contributed by atoms with E-state index in [2.05, 4.69) is 13.5 Å². The van der Waals surface area contributed by atoms with Gasteiger partial charge in [0.1, 0.15) is 11.9 Å². The molecule has 0 amide bonds. The molecular weight excluding hydrogens is 529 g/mol. The molecular formula is C29H37F7O3. The van der Waals surface area contributed by atoms with E-state index in [0.717, 1.165) is 36.8 Å². The smallest absolute Gasteiger partial charge is 0.459 e. The number of aromatic hydroxyl groups is 1. The fourth-order valence-electron chi connectivity index (χ4n) is 8.19. The van der Waals surface area contributed by atoms with Crippen LogP contribution in [0.25, 0.3) is 0 Å². The lowest BCUT2D eigenvalue weighted by Gasteiger charge is -2.60. The highest BCUT2D eigenvalue weighted by molar-refractivity contribution is 5.43. The first-order valence-corrected chi connectivity index (χ1v) is 13.7. The highest BCUT2D eigenvalue weighted by atomic mass is 19.4. The molecule has 1 aromatic rings. The summed E-state index contributed by atoms with van der Waals surface area (Å²) in [5.41, 5.74) is 1.56. The fourth-order valence-corrected chi connectivity index (χ4v) is 8.19. The van der Waals surface area contributed by atoms with Gasteiger partial charge in [0.2, 0.25) is 0 Å². The molecule has 3 aliphatic rings. The molecule has 220 valence electrons. The molecule has 3 aliphatic carbocycles. The number of alkyl halides is 7. The van der Waals surface area contributed by atoms with Gasteiger partial charge in [0.05, 0.1) is 6.10 Å². The molecule has 39 heavy (non-hydrogen) atoms. The molecule has 0 radical (unpaired) electrons. The summed E-state index contributed by atoms with van der Waals surface area (Å²) in [6.45, 7) is 6.33. The molecule has 0 bridgehead atoms. The van der Waals surface area contributed by atoms with Crippen LogP contribution in [0.5, 0.6) is 5.75 Å². The number of hydrogen-bond acceptors (Lipinski definition) is 3. The molecule has 7 atom stereocenters. The Morgan fingerprint density at radius 2 is 1.77 bits per heavy atom. The zero-order chi connectivity index (χ0) is 29.0. The van der Waals surface area contributed by atoms with Crippen molar-refractivity contribution in [3.05, 3.63) is 42.0 Å². The van der Waals surface area contributed by atoms with E-state index >= 15 is 0 Å². The van der Waals surface area contributed by atoms with Gasteiger partial charge in [-0.1, -0.05) is 38.3 Å². The highest BCUT2D eigenvalue weighted by Crippen LogP contribution is 2.69. The summed E-state index contributed by atoms with van der Waals surface area (Å²) in [6, 6.07) is 5.37. The van der Waals surface area contributed by atoms with Crippen LogP contribution in [0.4, 0.5) is 30.7 Å². The first-order chi connectivity index (χ1) is 18.0. The first-order valence-electron chi connectivity index (χ1n) is 13.7. The predicted molar refractivity (Wildman–Crippen MR) is 132 cm³/mol. The fraction of sp³-hybridized carbons (Fsp3) is 0.724. The van der Waals surface area contributed by atoms with Crippen LogP contribution in [0.15, 0.2) is 30.9 Å². The van der Waals surface area contributed by atoms with Crippen molar-refractivity contribution in [2.75, 3.05) is 0 Å². The van der Waals surface area contributed by atoms with Crippen LogP contribution in [0.2, 0.25) is 0 Å². The summed E-state index contributed by atoms with van der Waals surface area (Å²) in [4.78, 5) is 0. The first kappa shape index (κ1) is 30.2. The van der Waals surface area contributed by atoms with Gasteiger partial charge in [-0.2, -0.15) is 30.7 Å². The lowest BCUT2D eigenvalue weighted by Crippen LogP contribution is -2.57. The van der Waals surface area contributed by atoms with Gasteiger partial charge in [-0.25, -0.2) is 0 Å². The SMILES string of the molecule is C=C[C@@]12CCc3cc(O)ccc3[C@H]1[C@@H](CCCCCC(O)C(F)(F)C(F)(F)C(F)(F)F)C[C@@]1(C)[C@H]2CC[C@@H]1O. The lowest BCUT2D eigenvalue weighted by molar-refractivity contribution is -0.371. The topological polar surface area (TPSA) is 60.7 Å². The number of aryl methyl sites for hydroxylation is 1. The average molecular weight is 567 g/mol.